The zero-order valence-electron chi connectivity index (χ0n) is 12.0. The third-order valence-electron chi connectivity index (χ3n) is 3.16. The first-order valence-corrected chi connectivity index (χ1v) is 8.20. The summed E-state index contributed by atoms with van der Waals surface area (Å²) < 4.78 is 27.5. The van der Waals surface area contributed by atoms with Crippen LogP contribution in [-0.4, -0.2) is 48.7 Å². The van der Waals surface area contributed by atoms with Gasteiger partial charge in [-0.2, -0.15) is 9.40 Å². The van der Waals surface area contributed by atoms with E-state index in [-0.39, 0.29) is 4.90 Å². The molecule has 0 spiro atoms. The normalized spacial score (nSPS) is 15.8. The van der Waals surface area contributed by atoms with Gasteiger partial charge in [0.25, 0.3) is 0 Å². The molecule has 0 aliphatic heterocycles. The lowest BCUT2D eigenvalue weighted by molar-refractivity contribution is 0.492. The number of hydrogen-bond acceptors (Lipinski definition) is 4. The summed E-state index contributed by atoms with van der Waals surface area (Å²) in [6.07, 6.45) is 5.47. The van der Waals surface area contributed by atoms with Crippen LogP contribution in [0.2, 0.25) is 0 Å². The summed E-state index contributed by atoms with van der Waals surface area (Å²) in [5, 5.41) is 7.48. The quantitative estimate of drug-likeness (QED) is 0.722. The molecule has 0 radical (unpaired) electrons. The van der Waals surface area contributed by atoms with Gasteiger partial charge in [0.2, 0.25) is 10.0 Å². The van der Waals surface area contributed by atoms with E-state index in [0.29, 0.717) is 19.1 Å². The lowest BCUT2D eigenvalue weighted by Gasteiger charge is -2.15. The van der Waals surface area contributed by atoms with Crippen molar-refractivity contribution in [2.24, 2.45) is 0 Å². The standard InChI is InChI=1S/C13H22N4O2S/c1-11(2)9-16(3)20(18,19)13-8-15-17(10-13)7-6-14-12-4-5-12/h8,10,12,14H,1,4-7,9H2,2-3H3. The first kappa shape index (κ1) is 15.2. The zero-order valence-corrected chi connectivity index (χ0v) is 12.9. The predicted octanol–water partition coefficient (Wildman–Crippen LogP) is 0.832. The van der Waals surface area contributed by atoms with Crippen LogP contribution in [-0.2, 0) is 16.6 Å². The van der Waals surface area contributed by atoms with Crippen LogP contribution in [0.25, 0.3) is 0 Å². The van der Waals surface area contributed by atoms with Gasteiger partial charge in [-0.1, -0.05) is 12.2 Å². The molecule has 1 aliphatic rings. The van der Waals surface area contributed by atoms with E-state index in [2.05, 4.69) is 17.0 Å². The van der Waals surface area contributed by atoms with E-state index < -0.39 is 10.0 Å². The summed E-state index contributed by atoms with van der Waals surface area (Å²) >= 11 is 0. The summed E-state index contributed by atoms with van der Waals surface area (Å²) in [4.78, 5) is 0.229. The highest BCUT2D eigenvalue weighted by atomic mass is 32.2. The zero-order chi connectivity index (χ0) is 14.8. The van der Waals surface area contributed by atoms with E-state index in [9.17, 15) is 8.42 Å². The van der Waals surface area contributed by atoms with Gasteiger partial charge in [0.1, 0.15) is 4.90 Å². The van der Waals surface area contributed by atoms with Gasteiger partial charge in [-0.05, 0) is 19.8 Å². The molecule has 1 aliphatic carbocycles. The van der Waals surface area contributed by atoms with Crippen molar-refractivity contribution in [2.45, 2.75) is 37.2 Å². The summed E-state index contributed by atoms with van der Waals surface area (Å²) in [6, 6.07) is 0.649. The number of aromatic nitrogens is 2. The molecule has 2 rings (SSSR count). The minimum absolute atomic E-state index is 0.229. The van der Waals surface area contributed by atoms with Crippen LogP contribution in [0.4, 0.5) is 0 Å². The molecule has 20 heavy (non-hydrogen) atoms. The maximum Gasteiger partial charge on any atom is 0.246 e. The predicted molar refractivity (Wildman–Crippen MR) is 77.9 cm³/mol. The molecule has 1 fully saturated rings. The number of hydrogen-bond donors (Lipinski definition) is 1. The Hall–Kier alpha value is -1.18. The summed E-state index contributed by atoms with van der Waals surface area (Å²) in [6.45, 7) is 7.35. The molecule has 0 bridgehead atoms. The summed E-state index contributed by atoms with van der Waals surface area (Å²) in [5.74, 6) is 0. The maximum absolute atomic E-state index is 12.3. The van der Waals surface area contributed by atoms with E-state index in [4.69, 9.17) is 0 Å². The molecule has 6 nitrogen and oxygen atoms in total. The second-order valence-electron chi connectivity index (χ2n) is 5.39. The van der Waals surface area contributed by atoms with Crippen molar-refractivity contribution in [3.63, 3.8) is 0 Å². The van der Waals surface area contributed by atoms with Crippen molar-refractivity contribution in [2.75, 3.05) is 20.1 Å². The number of rotatable bonds is 8. The van der Waals surface area contributed by atoms with E-state index >= 15 is 0 Å². The van der Waals surface area contributed by atoms with Crippen LogP contribution in [0.15, 0.2) is 29.4 Å². The summed E-state index contributed by atoms with van der Waals surface area (Å²) in [5.41, 5.74) is 0.803. The third-order valence-corrected chi connectivity index (χ3v) is 4.92. The molecule has 0 aromatic carbocycles. The molecule has 1 heterocycles. The number of nitrogens with zero attached hydrogens (tertiary/aromatic N) is 3. The molecule has 0 atom stereocenters. The van der Waals surface area contributed by atoms with Crippen molar-refractivity contribution >= 4 is 10.0 Å². The Labute approximate surface area is 120 Å². The Kier molecular flexibility index (Phi) is 4.62. The molecule has 1 aromatic heterocycles. The molecule has 1 saturated carbocycles. The minimum atomic E-state index is -3.47. The van der Waals surface area contributed by atoms with E-state index in [1.54, 1.807) is 24.9 Å². The van der Waals surface area contributed by atoms with E-state index in [0.717, 1.165) is 12.1 Å². The van der Waals surface area contributed by atoms with E-state index in [1.165, 1.54) is 23.3 Å². The highest BCUT2D eigenvalue weighted by Crippen LogP contribution is 2.18. The number of likely N-dealkylation sites (N-methyl/N-ethyl adjacent to an activating group) is 1. The molecule has 7 heteroatoms. The van der Waals surface area contributed by atoms with Crippen LogP contribution < -0.4 is 5.32 Å². The van der Waals surface area contributed by atoms with Gasteiger partial charge in [-0.15, -0.1) is 0 Å². The van der Waals surface area contributed by atoms with Gasteiger partial charge < -0.3 is 5.32 Å². The first-order chi connectivity index (χ1) is 9.39. The fraction of sp³-hybridized carbons (Fsp3) is 0.615. The van der Waals surface area contributed by atoms with E-state index in [1.807, 2.05) is 0 Å². The second kappa shape index (κ2) is 6.07. The molecular weight excluding hydrogens is 276 g/mol. The van der Waals surface area contributed by atoms with Crippen LogP contribution in [0, 0.1) is 0 Å². The molecule has 1 N–H and O–H groups in total. The fourth-order valence-electron chi connectivity index (χ4n) is 1.92. The highest BCUT2D eigenvalue weighted by Gasteiger charge is 2.23. The minimum Gasteiger partial charge on any atom is -0.312 e. The highest BCUT2D eigenvalue weighted by molar-refractivity contribution is 7.89. The average molecular weight is 298 g/mol. The smallest absolute Gasteiger partial charge is 0.246 e. The Balaban J connectivity index is 1.96. The number of sulfonamides is 1. The van der Waals surface area contributed by atoms with Crippen molar-refractivity contribution in [3.05, 3.63) is 24.5 Å². The topological polar surface area (TPSA) is 67.2 Å². The largest absolute Gasteiger partial charge is 0.312 e. The molecular formula is C13H22N4O2S. The van der Waals surface area contributed by atoms with Crippen molar-refractivity contribution in [3.8, 4) is 0 Å². The fourth-order valence-corrected chi connectivity index (χ4v) is 3.10. The maximum atomic E-state index is 12.3. The van der Waals surface area contributed by atoms with Gasteiger partial charge in [-0.25, -0.2) is 8.42 Å². The van der Waals surface area contributed by atoms with Crippen LogP contribution in [0.5, 0.6) is 0 Å². The SMILES string of the molecule is C=C(C)CN(C)S(=O)(=O)c1cnn(CCNC2CC2)c1. The van der Waals surface area contributed by atoms with Gasteiger partial charge in [0.05, 0.1) is 12.7 Å². The van der Waals surface area contributed by atoms with Gasteiger partial charge in [0.15, 0.2) is 0 Å². The first-order valence-electron chi connectivity index (χ1n) is 6.76. The lowest BCUT2D eigenvalue weighted by Crippen LogP contribution is -2.28. The van der Waals surface area contributed by atoms with Crippen molar-refractivity contribution in [1.82, 2.24) is 19.4 Å². The van der Waals surface area contributed by atoms with Crippen LogP contribution >= 0.6 is 0 Å². The number of nitrogens with one attached hydrogen (secondary N) is 1. The average Bonchev–Trinajstić information content (AvgIpc) is 3.04. The molecule has 0 unspecified atom stereocenters. The monoisotopic (exact) mass is 298 g/mol. The van der Waals surface area contributed by atoms with Gasteiger partial charge in [0, 0.05) is 32.4 Å². The summed E-state index contributed by atoms with van der Waals surface area (Å²) in [7, 11) is -1.92. The third kappa shape index (κ3) is 3.91. The Morgan fingerprint density at radius 1 is 1.60 bits per heavy atom. The van der Waals surface area contributed by atoms with Crippen molar-refractivity contribution in [1.29, 1.82) is 0 Å². The molecule has 0 saturated heterocycles. The second-order valence-corrected chi connectivity index (χ2v) is 7.43. The molecule has 0 amide bonds. The Morgan fingerprint density at radius 2 is 2.30 bits per heavy atom. The van der Waals surface area contributed by atoms with Crippen LogP contribution in [0.1, 0.15) is 19.8 Å². The Morgan fingerprint density at radius 3 is 2.90 bits per heavy atom. The lowest BCUT2D eigenvalue weighted by atomic mass is 10.4. The Bertz CT molecular complexity index is 575. The van der Waals surface area contributed by atoms with Gasteiger partial charge in [-0.3, -0.25) is 4.68 Å². The molecule has 112 valence electrons. The molecule has 1 aromatic rings. The van der Waals surface area contributed by atoms with Crippen LogP contribution in [0.3, 0.4) is 0 Å². The van der Waals surface area contributed by atoms with Gasteiger partial charge >= 0.3 is 0 Å². The van der Waals surface area contributed by atoms with Crippen molar-refractivity contribution < 1.29 is 8.42 Å².